The van der Waals surface area contributed by atoms with Gasteiger partial charge in [0.1, 0.15) is 24.2 Å². The molecule has 1 aliphatic rings. The SMILES string of the molecule is COc1cc2c(Nc3ccc(Oc4ccccc4OC(C)(C)C(=O)NCC(=O)CC4CC4)cc3)c(C#N)cnc2cc1N(C)C(=O)OCc1ccccc1. The number of rotatable bonds is 15. The van der Waals surface area contributed by atoms with Crippen LogP contribution in [0.1, 0.15) is 44.2 Å². The molecule has 1 saturated carbocycles. The molecule has 0 aliphatic heterocycles. The number of nitrogens with one attached hydrogen (secondary N) is 2. The van der Waals surface area contributed by atoms with E-state index in [1.165, 1.54) is 18.2 Å². The topological polar surface area (TPSA) is 152 Å². The van der Waals surface area contributed by atoms with E-state index in [1.54, 1.807) is 81.6 Å². The van der Waals surface area contributed by atoms with E-state index in [1.807, 2.05) is 30.3 Å². The summed E-state index contributed by atoms with van der Waals surface area (Å²) in [6.07, 6.45) is 3.54. The number of carbonyl (C=O) groups excluding carboxylic acids is 3. The fourth-order valence-electron chi connectivity index (χ4n) is 5.69. The Balaban J connectivity index is 1.15. The van der Waals surface area contributed by atoms with E-state index in [0.717, 1.165) is 18.4 Å². The van der Waals surface area contributed by atoms with Crippen molar-refractivity contribution in [2.45, 2.75) is 45.3 Å². The van der Waals surface area contributed by atoms with Crippen LogP contribution in [0, 0.1) is 17.2 Å². The van der Waals surface area contributed by atoms with Gasteiger partial charge in [-0.3, -0.25) is 19.5 Å². The van der Waals surface area contributed by atoms with E-state index in [-0.39, 0.29) is 18.9 Å². The van der Waals surface area contributed by atoms with Crippen LogP contribution in [-0.2, 0) is 20.9 Å². The summed E-state index contributed by atoms with van der Waals surface area (Å²) in [5, 5.41) is 16.6. The maximum atomic E-state index is 13.0. The molecule has 1 fully saturated rings. The predicted molar refractivity (Wildman–Crippen MR) is 204 cm³/mol. The number of hydrogen-bond donors (Lipinski definition) is 2. The number of amides is 2. The third kappa shape index (κ3) is 9.05. The number of fused-ring (bicyclic) bond motifs is 1. The second-order valence-electron chi connectivity index (χ2n) is 13.5. The average molecular weight is 728 g/mol. The van der Waals surface area contributed by atoms with E-state index < -0.39 is 17.6 Å². The lowest BCUT2D eigenvalue weighted by atomic mass is 10.1. The van der Waals surface area contributed by atoms with Gasteiger partial charge in [0.25, 0.3) is 5.91 Å². The van der Waals surface area contributed by atoms with Crippen LogP contribution in [0.4, 0.5) is 21.9 Å². The quantitative estimate of drug-likeness (QED) is 0.108. The molecule has 6 rings (SSSR count). The molecule has 1 heterocycles. The number of pyridine rings is 1. The van der Waals surface area contributed by atoms with Crippen LogP contribution < -0.4 is 29.7 Å². The number of methoxy groups -OCH3 is 1. The molecule has 0 saturated heterocycles. The Morgan fingerprint density at radius 2 is 1.65 bits per heavy atom. The first-order valence-corrected chi connectivity index (χ1v) is 17.5. The van der Waals surface area contributed by atoms with Crippen LogP contribution in [0.15, 0.2) is 97.2 Å². The Morgan fingerprint density at radius 1 is 0.944 bits per heavy atom. The highest BCUT2D eigenvalue weighted by atomic mass is 16.6. The summed E-state index contributed by atoms with van der Waals surface area (Å²) in [5.41, 5.74) is 2.02. The normalized spacial score (nSPS) is 12.3. The van der Waals surface area contributed by atoms with Crippen molar-refractivity contribution in [3.05, 3.63) is 108 Å². The Morgan fingerprint density at radius 3 is 2.33 bits per heavy atom. The number of para-hydroxylation sites is 2. The Kier molecular flexibility index (Phi) is 11.3. The summed E-state index contributed by atoms with van der Waals surface area (Å²) in [7, 11) is 3.09. The summed E-state index contributed by atoms with van der Waals surface area (Å²) in [5.74, 6) is 1.70. The van der Waals surface area contributed by atoms with Crippen LogP contribution in [0.25, 0.3) is 10.9 Å². The molecule has 2 N–H and O–H groups in total. The van der Waals surface area contributed by atoms with Gasteiger partial charge in [-0.2, -0.15) is 5.26 Å². The molecule has 54 heavy (non-hydrogen) atoms. The zero-order chi connectivity index (χ0) is 38.2. The van der Waals surface area contributed by atoms with Gasteiger partial charge in [-0.05, 0) is 86.7 Å². The molecule has 4 aromatic carbocycles. The fourth-order valence-corrected chi connectivity index (χ4v) is 5.69. The first kappa shape index (κ1) is 37.2. The van der Waals surface area contributed by atoms with Crippen LogP contribution >= 0.6 is 0 Å². The highest BCUT2D eigenvalue weighted by molar-refractivity contribution is 6.01. The second-order valence-corrected chi connectivity index (χ2v) is 13.5. The van der Waals surface area contributed by atoms with Gasteiger partial charge in [-0.25, -0.2) is 4.79 Å². The zero-order valence-electron chi connectivity index (χ0n) is 30.5. The van der Waals surface area contributed by atoms with Crippen molar-refractivity contribution >= 4 is 45.7 Å². The van der Waals surface area contributed by atoms with Crippen molar-refractivity contribution in [1.82, 2.24) is 10.3 Å². The Hall–Kier alpha value is -6.61. The van der Waals surface area contributed by atoms with Crippen LogP contribution in [0.5, 0.6) is 23.0 Å². The maximum Gasteiger partial charge on any atom is 0.414 e. The number of ketones is 1. The number of ether oxygens (including phenoxy) is 4. The van der Waals surface area contributed by atoms with E-state index >= 15 is 0 Å². The van der Waals surface area contributed by atoms with E-state index in [2.05, 4.69) is 21.7 Å². The van der Waals surface area contributed by atoms with Gasteiger partial charge in [-0.15, -0.1) is 0 Å². The lowest BCUT2D eigenvalue weighted by molar-refractivity contribution is -0.135. The molecule has 1 aliphatic carbocycles. The van der Waals surface area contributed by atoms with Gasteiger partial charge < -0.3 is 29.6 Å². The van der Waals surface area contributed by atoms with E-state index in [0.29, 0.717) is 68.9 Å². The van der Waals surface area contributed by atoms with Crippen molar-refractivity contribution in [3.63, 3.8) is 0 Å². The predicted octanol–water partition coefficient (Wildman–Crippen LogP) is 8.07. The smallest absolute Gasteiger partial charge is 0.414 e. The number of nitriles is 1. The zero-order valence-corrected chi connectivity index (χ0v) is 30.5. The first-order chi connectivity index (χ1) is 26.0. The minimum Gasteiger partial charge on any atom is -0.495 e. The Bertz CT molecular complexity index is 2200. The number of hydrogen-bond acceptors (Lipinski definition) is 10. The van der Waals surface area contributed by atoms with Gasteiger partial charge in [0, 0.05) is 30.7 Å². The molecule has 0 unspecified atom stereocenters. The van der Waals surface area contributed by atoms with Crippen molar-refractivity contribution in [3.8, 4) is 29.1 Å². The fraction of sp³-hybridized carbons (Fsp3) is 0.262. The number of benzene rings is 4. The lowest BCUT2D eigenvalue weighted by Crippen LogP contribution is -2.48. The summed E-state index contributed by atoms with van der Waals surface area (Å²) >= 11 is 0. The van der Waals surface area contributed by atoms with Crippen molar-refractivity contribution in [1.29, 1.82) is 5.26 Å². The minimum absolute atomic E-state index is 0.0138. The van der Waals surface area contributed by atoms with Gasteiger partial charge >= 0.3 is 6.09 Å². The summed E-state index contributed by atoms with van der Waals surface area (Å²) in [6.45, 7) is 3.37. The largest absolute Gasteiger partial charge is 0.495 e. The summed E-state index contributed by atoms with van der Waals surface area (Å²) in [6, 6.07) is 29.1. The molecular weight excluding hydrogens is 686 g/mol. The number of anilines is 3. The van der Waals surface area contributed by atoms with Gasteiger partial charge in [0.05, 0.1) is 36.1 Å². The third-order valence-electron chi connectivity index (χ3n) is 8.90. The van der Waals surface area contributed by atoms with Gasteiger partial charge in [0.2, 0.25) is 0 Å². The standard InChI is InChI=1S/C42H41N5O7/c1-42(2,40(49)45-25-31(48)20-27-14-15-27)54-37-13-9-8-12-36(37)53-32-18-16-30(17-19-32)46-39-29(23-43)24-44-34-22-35(38(51-4)21-33(34)39)47(3)41(50)52-26-28-10-6-5-7-11-28/h5-13,16-19,21-22,24,27H,14-15,20,25-26H2,1-4H3,(H,44,46)(H,45,49). The molecule has 0 spiro atoms. The lowest BCUT2D eigenvalue weighted by Gasteiger charge is -2.26. The number of carbonyl (C=O) groups is 3. The number of aromatic nitrogens is 1. The molecule has 1 aromatic heterocycles. The minimum atomic E-state index is -1.27. The molecule has 0 radical (unpaired) electrons. The second kappa shape index (κ2) is 16.4. The van der Waals surface area contributed by atoms with Crippen molar-refractivity contribution in [2.24, 2.45) is 5.92 Å². The summed E-state index contributed by atoms with van der Waals surface area (Å²) < 4.78 is 23.5. The molecule has 276 valence electrons. The van der Waals surface area contributed by atoms with Crippen LogP contribution in [-0.4, -0.2) is 49.1 Å². The number of Topliss-reactive ketones (excluding diaryl/α,β-unsaturated/α-hetero) is 1. The maximum absolute atomic E-state index is 13.0. The van der Waals surface area contributed by atoms with Crippen molar-refractivity contribution in [2.75, 3.05) is 30.9 Å². The first-order valence-electron chi connectivity index (χ1n) is 17.5. The summed E-state index contributed by atoms with van der Waals surface area (Å²) in [4.78, 5) is 43.9. The highest BCUT2D eigenvalue weighted by Crippen LogP contribution is 2.39. The number of nitrogens with zero attached hydrogens (tertiary/aromatic N) is 3. The molecule has 5 aromatic rings. The van der Waals surface area contributed by atoms with Crippen LogP contribution in [0.3, 0.4) is 0 Å². The van der Waals surface area contributed by atoms with Gasteiger partial charge in [0.15, 0.2) is 22.9 Å². The van der Waals surface area contributed by atoms with Crippen molar-refractivity contribution < 1.29 is 33.3 Å². The Labute approximate surface area is 313 Å². The monoisotopic (exact) mass is 727 g/mol. The molecule has 12 heteroatoms. The van der Waals surface area contributed by atoms with Crippen LogP contribution in [0.2, 0.25) is 0 Å². The average Bonchev–Trinajstić information content (AvgIpc) is 4.01. The molecule has 0 atom stereocenters. The molecule has 12 nitrogen and oxygen atoms in total. The molecule has 0 bridgehead atoms. The van der Waals surface area contributed by atoms with E-state index in [4.69, 9.17) is 18.9 Å². The molecular formula is C42H41N5O7. The van der Waals surface area contributed by atoms with Gasteiger partial charge in [-0.1, -0.05) is 42.5 Å². The molecule has 2 amide bonds. The van der Waals surface area contributed by atoms with E-state index in [9.17, 15) is 19.6 Å². The third-order valence-corrected chi connectivity index (χ3v) is 8.90. The highest BCUT2D eigenvalue weighted by Gasteiger charge is 2.32.